The van der Waals surface area contributed by atoms with E-state index in [0.29, 0.717) is 0 Å². The highest BCUT2D eigenvalue weighted by molar-refractivity contribution is 5.27. The van der Waals surface area contributed by atoms with Crippen LogP contribution in [0.25, 0.3) is 0 Å². The van der Waals surface area contributed by atoms with Crippen molar-refractivity contribution in [3.63, 3.8) is 0 Å². The molecule has 0 heterocycles. The maximum Gasteiger partial charge on any atom is 0.118 e. The second-order valence-electron chi connectivity index (χ2n) is 6.37. The summed E-state index contributed by atoms with van der Waals surface area (Å²) in [5, 5.41) is 3.46. The minimum Gasteiger partial charge on any atom is -0.497 e. The molecular weight excluding hydrogens is 248 g/mol. The van der Waals surface area contributed by atoms with Gasteiger partial charge in [0.15, 0.2) is 0 Å². The zero-order chi connectivity index (χ0) is 15.2. The van der Waals surface area contributed by atoms with Gasteiger partial charge < -0.3 is 10.1 Å². The third-order valence-corrected chi connectivity index (χ3v) is 2.97. The van der Waals surface area contributed by atoms with E-state index in [4.69, 9.17) is 4.74 Å². The Balaban J connectivity index is 2.38. The fraction of sp³-hybridized carbons (Fsp3) is 0.529. The van der Waals surface area contributed by atoms with Crippen LogP contribution in [0, 0.1) is 0 Å². The monoisotopic (exact) mass is 276 g/mol. The lowest BCUT2D eigenvalue weighted by Crippen LogP contribution is -2.38. The van der Waals surface area contributed by atoms with Crippen molar-refractivity contribution in [3.05, 3.63) is 42.0 Å². The van der Waals surface area contributed by atoms with Crippen molar-refractivity contribution in [2.45, 2.75) is 32.9 Å². The van der Waals surface area contributed by atoms with E-state index in [0.717, 1.165) is 25.4 Å². The fourth-order valence-electron chi connectivity index (χ4n) is 1.93. The Hall–Kier alpha value is -1.32. The molecule has 0 saturated heterocycles. The third-order valence-electron chi connectivity index (χ3n) is 2.97. The summed E-state index contributed by atoms with van der Waals surface area (Å²) in [5.41, 5.74) is 2.62. The van der Waals surface area contributed by atoms with Crippen LogP contribution in [0.5, 0.6) is 5.75 Å². The summed E-state index contributed by atoms with van der Waals surface area (Å²) in [6.45, 7) is 13.3. The molecule has 0 aliphatic heterocycles. The van der Waals surface area contributed by atoms with Gasteiger partial charge in [0, 0.05) is 25.2 Å². The predicted molar refractivity (Wildman–Crippen MR) is 86.2 cm³/mol. The van der Waals surface area contributed by atoms with Crippen LogP contribution >= 0.6 is 0 Å². The lowest BCUT2D eigenvalue weighted by molar-refractivity contribution is 0.346. The standard InChI is InChI=1S/C17H28N2O/c1-14(11-18-17(2,3)4)12-19(5)13-15-7-9-16(20-6)10-8-15/h7-10,18H,1,11-13H2,2-6H3. The normalized spacial score (nSPS) is 11.7. The topological polar surface area (TPSA) is 24.5 Å². The number of benzene rings is 1. The Morgan fingerprint density at radius 2 is 1.85 bits per heavy atom. The summed E-state index contributed by atoms with van der Waals surface area (Å²) in [5.74, 6) is 0.898. The molecule has 1 rings (SSSR count). The van der Waals surface area contributed by atoms with Crippen LogP contribution in [-0.4, -0.2) is 37.7 Å². The van der Waals surface area contributed by atoms with Gasteiger partial charge in [0.1, 0.15) is 5.75 Å². The SMILES string of the molecule is C=C(CNC(C)(C)C)CN(C)Cc1ccc(OC)cc1. The molecule has 0 amide bonds. The molecule has 112 valence electrons. The quantitative estimate of drug-likeness (QED) is 0.775. The summed E-state index contributed by atoms with van der Waals surface area (Å²) < 4.78 is 5.17. The average Bonchev–Trinajstić information content (AvgIpc) is 2.36. The number of rotatable bonds is 7. The number of nitrogens with zero attached hydrogens (tertiary/aromatic N) is 1. The number of hydrogen-bond acceptors (Lipinski definition) is 3. The first-order valence-corrected chi connectivity index (χ1v) is 7.03. The minimum atomic E-state index is 0.136. The highest BCUT2D eigenvalue weighted by atomic mass is 16.5. The van der Waals surface area contributed by atoms with Gasteiger partial charge in [0.2, 0.25) is 0 Å². The van der Waals surface area contributed by atoms with Gasteiger partial charge in [-0.1, -0.05) is 18.7 Å². The molecule has 0 unspecified atom stereocenters. The Labute approximate surface area is 123 Å². The van der Waals surface area contributed by atoms with Gasteiger partial charge in [-0.3, -0.25) is 4.90 Å². The molecule has 3 heteroatoms. The predicted octanol–water partition coefficient (Wildman–Crippen LogP) is 3.07. The van der Waals surface area contributed by atoms with E-state index in [9.17, 15) is 0 Å². The first-order chi connectivity index (χ1) is 9.30. The van der Waals surface area contributed by atoms with Crippen LogP contribution < -0.4 is 10.1 Å². The fourth-order valence-corrected chi connectivity index (χ4v) is 1.93. The van der Waals surface area contributed by atoms with Crippen molar-refractivity contribution >= 4 is 0 Å². The maximum atomic E-state index is 5.17. The van der Waals surface area contributed by atoms with Crippen LogP contribution in [0.4, 0.5) is 0 Å². The number of ether oxygens (including phenoxy) is 1. The van der Waals surface area contributed by atoms with E-state index in [1.165, 1.54) is 11.1 Å². The Morgan fingerprint density at radius 1 is 1.25 bits per heavy atom. The highest BCUT2D eigenvalue weighted by Crippen LogP contribution is 2.13. The Morgan fingerprint density at radius 3 is 2.35 bits per heavy atom. The molecule has 0 radical (unpaired) electrons. The van der Waals surface area contributed by atoms with Gasteiger partial charge >= 0.3 is 0 Å². The smallest absolute Gasteiger partial charge is 0.118 e. The van der Waals surface area contributed by atoms with E-state index in [1.807, 2.05) is 12.1 Å². The third kappa shape index (κ3) is 6.73. The van der Waals surface area contributed by atoms with Gasteiger partial charge in [-0.15, -0.1) is 0 Å². The second kappa shape index (κ2) is 7.46. The number of hydrogen-bond donors (Lipinski definition) is 1. The minimum absolute atomic E-state index is 0.136. The van der Waals surface area contributed by atoms with Gasteiger partial charge in [-0.25, -0.2) is 0 Å². The molecule has 0 saturated carbocycles. The molecule has 0 spiro atoms. The van der Waals surface area contributed by atoms with E-state index < -0.39 is 0 Å². The molecular formula is C17H28N2O. The average molecular weight is 276 g/mol. The van der Waals surface area contributed by atoms with Crippen molar-refractivity contribution in [2.24, 2.45) is 0 Å². The van der Waals surface area contributed by atoms with Crippen molar-refractivity contribution in [3.8, 4) is 5.75 Å². The Bertz CT molecular complexity index is 418. The maximum absolute atomic E-state index is 5.17. The molecule has 0 fully saturated rings. The van der Waals surface area contributed by atoms with Gasteiger partial charge in [0.25, 0.3) is 0 Å². The Kier molecular flexibility index (Phi) is 6.24. The highest BCUT2D eigenvalue weighted by Gasteiger charge is 2.09. The van der Waals surface area contributed by atoms with Crippen LogP contribution in [0.1, 0.15) is 26.3 Å². The molecule has 1 aromatic carbocycles. The molecule has 0 bridgehead atoms. The summed E-state index contributed by atoms with van der Waals surface area (Å²) in [4.78, 5) is 2.27. The molecule has 1 N–H and O–H groups in total. The summed E-state index contributed by atoms with van der Waals surface area (Å²) in [7, 11) is 3.81. The van der Waals surface area contributed by atoms with Crippen LogP contribution in [-0.2, 0) is 6.54 Å². The number of methoxy groups -OCH3 is 1. The van der Waals surface area contributed by atoms with Gasteiger partial charge in [-0.2, -0.15) is 0 Å². The molecule has 0 aliphatic carbocycles. The first-order valence-electron chi connectivity index (χ1n) is 7.03. The van der Waals surface area contributed by atoms with Crippen molar-refractivity contribution < 1.29 is 4.74 Å². The van der Waals surface area contributed by atoms with Gasteiger partial charge in [0.05, 0.1) is 7.11 Å². The second-order valence-corrected chi connectivity index (χ2v) is 6.37. The van der Waals surface area contributed by atoms with E-state index in [-0.39, 0.29) is 5.54 Å². The first kappa shape index (κ1) is 16.7. The lowest BCUT2D eigenvalue weighted by atomic mass is 10.1. The zero-order valence-corrected chi connectivity index (χ0v) is 13.5. The lowest BCUT2D eigenvalue weighted by Gasteiger charge is -2.23. The van der Waals surface area contributed by atoms with Crippen LogP contribution in [0.15, 0.2) is 36.4 Å². The molecule has 0 aromatic heterocycles. The number of nitrogens with one attached hydrogen (secondary N) is 1. The largest absolute Gasteiger partial charge is 0.497 e. The van der Waals surface area contributed by atoms with Crippen molar-refractivity contribution in [2.75, 3.05) is 27.2 Å². The van der Waals surface area contributed by atoms with E-state index >= 15 is 0 Å². The summed E-state index contributed by atoms with van der Waals surface area (Å²) in [6.07, 6.45) is 0. The van der Waals surface area contributed by atoms with E-state index in [2.05, 4.69) is 56.7 Å². The number of likely N-dealkylation sites (N-methyl/N-ethyl adjacent to an activating group) is 1. The van der Waals surface area contributed by atoms with E-state index in [1.54, 1.807) is 7.11 Å². The molecule has 1 aromatic rings. The molecule has 3 nitrogen and oxygen atoms in total. The summed E-state index contributed by atoms with van der Waals surface area (Å²) >= 11 is 0. The van der Waals surface area contributed by atoms with Gasteiger partial charge in [-0.05, 0) is 51.1 Å². The van der Waals surface area contributed by atoms with Crippen molar-refractivity contribution in [1.82, 2.24) is 10.2 Å². The van der Waals surface area contributed by atoms with Crippen LogP contribution in [0.3, 0.4) is 0 Å². The zero-order valence-electron chi connectivity index (χ0n) is 13.5. The molecule has 20 heavy (non-hydrogen) atoms. The molecule has 0 aliphatic rings. The van der Waals surface area contributed by atoms with Crippen molar-refractivity contribution in [1.29, 1.82) is 0 Å². The molecule has 0 atom stereocenters. The summed E-state index contributed by atoms with van der Waals surface area (Å²) in [6, 6.07) is 8.20. The van der Waals surface area contributed by atoms with Crippen LogP contribution in [0.2, 0.25) is 0 Å².